The van der Waals surface area contributed by atoms with Crippen LogP contribution in [-0.4, -0.2) is 21.0 Å². The van der Waals surface area contributed by atoms with E-state index in [0.717, 1.165) is 5.69 Å². The Labute approximate surface area is 120 Å². The van der Waals surface area contributed by atoms with Crippen molar-refractivity contribution >= 4 is 23.4 Å². The fraction of sp³-hybridized carbons (Fsp3) is 0.214. The Morgan fingerprint density at radius 1 is 1.30 bits per heavy atom. The molecule has 104 valence electrons. The predicted molar refractivity (Wildman–Crippen MR) is 77.2 cm³/mol. The highest BCUT2D eigenvalue weighted by Crippen LogP contribution is 2.23. The molecule has 1 aromatic heterocycles. The highest BCUT2D eigenvalue weighted by Gasteiger charge is 2.18. The zero-order chi connectivity index (χ0) is 14.7. The van der Waals surface area contributed by atoms with Gasteiger partial charge in [-0.3, -0.25) is 4.79 Å². The number of hydrogen-bond donors (Lipinski definition) is 1. The van der Waals surface area contributed by atoms with Crippen molar-refractivity contribution in [3.8, 4) is 0 Å². The molecule has 0 bridgehead atoms. The summed E-state index contributed by atoms with van der Waals surface area (Å²) in [6, 6.07) is 7.15. The van der Waals surface area contributed by atoms with Crippen LogP contribution in [0.15, 0.2) is 35.5 Å². The number of aryl methyl sites for hydroxylation is 1. The Morgan fingerprint density at radius 3 is 2.55 bits per heavy atom. The van der Waals surface area contributed by atoms with Gasteiger partial charge in [0.25, 0.3) is 0 Å². The molecule has 0 aliphatic heterocycles. The highest BCUT2D eigenvalue weighted by atomic mass is 32.2. The number of hydrogen-bond acceptors (Lipinski definition) is 5. The second-order valence-corrected chi connectivity index (χ2v) is 5.66. The summed E-state index contributed by atoms with van der Waals surface area (Å²) in [6.07, 6.45) is 0. The summed E-state index contributed by atoms with van der Waals surface area (Å²) in [6.45, 7) is 3.58. The molecule has 0 saturated carbocycles. The van der Waals surface area contributed by atoms with Gasteiger partial charge in [-0.15, -0.1) is 0 Å². The summed E-state index contributed by atoms with van der Waals surface area (Å²) >= 11 is 1.23. The Bertz CT molecular complexity index is 611. The summed E-state index contributed by atoms with van der Waals surface area (Å²) in [7, 11) is 0. The van der Waals surface area contributed by atoms with Crippen LogP contribution in [0.4, 0.5) is 10.2 Å². The number of ketones is 1. The second kappa shape index (κ2) is 6.00. The van der Waals surface area contributed by atoms with E-state index in [1.807, 2.05) is 6.92 Å². The fourth-order valence-electron chi connectivity index (χ4n) is 1.68. The number of nitrogen functional groups attached to an aromatic ring is 1. The van der Waals surface area contributed by atoms with Crippen molar-refractivity contribution in [3.63, 3.8) is 0 Å². The first kappa shape index (κ1) is 14.5. The number of carbonyl (C=O) groups is 1. The van der Waals surface area contributed by atoms with Gasteiger partial charge < -0.3 is 5.73 Å². The van der Waals surface area contributed by atoms with E-state index >= 15 is 0 Å². The lowest BCUT2D eigenvalue weighted by Crippen LogP contribution is -2.14. The van der Waals surface area contributed by atoms with Crippen molar-refractivity contribution in [1.29, 1.82) is 0 Å². The zero-order valence-corrected chi connectivity index (χ0v) is 11.9. The molecule has 0 aliphatic rings. The topological polar surface area (TPSA) is 68.9 Å². The molecule has 2 aromatic rings. The summed E-state index contributed by atoms with van der Waals surface area (Å²) in [4.78, 5) is 20.5. The minimum absolute atomic E-state index is 0.0984. The maximum Gasteiger partial charge on any atom is 0.190 e. The molecule has 6 heteroatoms. The molecule has 0 radical (unpaired) electrons. The van der Waals surface area contributed by atoms with Crippen LogP contribution in [0.2, 0.25) is 0 Å². The standard InChI is InChI=1S/C14H14FN3OS/c1-8-7-12(16)18-14(17-8)20-9(2)13(19)10-3-5-11(15)6-4-10/h3-7,9H,1-2H3,(H2,16,17,18). The van der Waals surface area contributed by atoms with E-state index < -0.39 is 0 Å². The molecule has 1 heterocycles. The van der Waals surface area contributed by atoms with E-state index in [9.17, 15) is 9.18 Å². The van der Waals surface area contributed by atoms with Crippen molar-refractivity contribution in [2.45, 2.75) is 24.3 Å². The summed E-state index contributed by atoms with van der Waals surface area (Å²) in [5.74, 6) is -0.0863. The van der Waals surface area contributed by atoms with Gasteiger partial charge in [0.15, 0.2) is 10.9 Å². The second-order valence-electron chi connectivity index (χ2n) is 4.35. The Morgan fingerprint density at radius 2 is 1.95 bits per heavy atom. The quantitative estimate of drug-likeness (QED) is 0.533. The molecule has 0 saturated heterocycles. The van der Waals surface area contributed by atoms with E-state index in [4.69, 9.17) is 5.73 Å². The lowest BCUT2D eigenvalue weighted by atomic mass is 10.1. The number of Topliss-reactive ketones (excluding diaryl/α,β-unsaturated/α-hetero) is 1. The first-order chi connectivity index (χ1) is 9.45. The molecule has 20 heavy (non-hydrogen) atoms. The molecule has 0 aliphatic carbocycles. The van der Waals surface area contributed by atoms with E-state index in [0.29, 0.717) is 16.5 Å². The van der Waals surface area contributed by atoms with Crippen molar-refractivity contribution < 1.29 is 9.18 Å². The number of benzene rings is 1. The lowest BCUT2D eigenvalue weighted by molar-refractivity contribution is 0.0994. The van der Waals surface area contributed by atoms with Crippen LogP contribution in [0.5, 0.6) is 0 Å². The van der Waals surface area contributed by atoms with Crippen molar-refractivity contribution in [1.82, 2.24) is 9.97 Å². The molecule has 1 aromatic carbocycles. The van der Waals surface area contributed by atoms with Gasteiger partial charge >= 0.3 is 0 Å². The van der Waals surface area contributed by atoms with E-state index in [1.54, 1.807) is 13.0 Å². The van der Waals surface area contributed by atoms with Crippen LogP contribution >= 0.6 is 11.8 Å². The van der Waals surface area contributed by atoms with Gasteiger partial charge in [-0.1, -0.05) is 11.8 Å². The molecule has 1 atom stereocenters. The highest BCUT2D eigenvalue weighted by molar-refractivity contribution is 8.00. The van der Waals surface area contributed by atoms with Gasteiger partial charge in [-0.25, -0.2) is 14.4 Å². The van der Waals surface area contributed by atoms with Gasteiger partial charge in [0.1, 0.15) is 11.6 Å². The summed E-state index contributed by atoms with van der Waals surface area (Å²) < 4.78 is 12.8. The maximum absolute atomic E-state index is 12.8. The number of rotatable bonds is 4. The van der Waals surface area contributed by atoms with E-state index in [1.165, 1.54) is 36.0 Å². The van der Waals surface area contributed by atoms with Crippen LogP contribution in [0.1, 0.15) is 23.0 Å². The average molecular weight is 291 g/mol. The number of halogens is 1. The fourth-order valence-corrected chi connectivity index (χ4v) is 2.59. The van der Waals surface area contributed by atoms with Gasteiger partial charge in [0.2, 0.25) is 0 Å². The van der Waals surface area contributed by atoms with Gasteiger partial charge in [0, 0.05) is 17.3 Å². The third kappa shape index (κ3) is 3.54. The smallest absolute Gasteiger partial charge is 0.190 e. The molecular formula is C14H14FN3OS. The lowest BCUT2D eigenvalue weighted by Gasteiger charge is -2.10. The number of nitrogens with zero attached hydrogens (tertiary/aromatic N) is 2. The van der Waals surface area contributed by atoms with Gasteiger partial charge in [-0.05, 0) is 38.1 Å². The largest absolute Gasteiger partial charge is 0.384 e. The number of nitrogens with two attached hydrogens (primary N) is 1. The maximum atomic E-state index is 12.8. The first-order valence-corrected chi connectivity index (χ1v) is 6.91. The minimum atomic E-state index is -0.373. The van der Waals surface area contributed by atoms with E-state index in [2.05, 4.69) is 9.97 Å². The van der Waals surface area contributed by atoms with Crippen molar-refractivity contribution in [2.75, 3.05) is 5.73 Å². The van der Waals surface area contributed by atoms with Crippen LogP contribution in [-0.2, 0) is 0 Å². The number of anilines is 1. The summed E-state index contributed by atoms with van der Waals surface area (Å²) in [5.41, 5.74) is 6.86. The molecule has 4 nitrogen and oxygen atoms in total. The van der Waals surface area contributed by atoms with Gasteiger partial charge in [0.05, 0.1) is 5.25 Å². The molecule has 0 fully saturated rings. The molecular weight excluding hydrogens is 277 g/mol. The minimum Gasteiger partial charge on any atom is -0.384 e. The van der Waals surface area contributed by atoms with Crippen LogP contribution in [0, 0.1) is 12.7 Å². The van der Waals surface area contributed by atoms with Crippen molar-refractivity contribution in [3.05, 3.63) is 47.4 Å². The Kier molecular flexibility index (Phi) is 4.34. The molecule has 1 unspecified atom stereocenters. The average Bonchev–Trinajstić information content (AvgIpc) is 2.37. The number of thioether (sulfide) groups is 1. The van der Waals surface area contributed by atoms with Crippen molar-refractivity contribution in [2.24, 2.45) is 0 Å². The monoisotopic (exact) mass is 291 g/mol. The SMILES string of the molecule is Cc1cc(N)nc(SC(C)C(=O)c2ccc(F)cc2)n1. The van der Waals surface area contributed by atoms with E-state index in [-0.39, 0.29) is 16.9 Å². The normalized spacial score (nSPS) is 12.2. The van der Waals surface area contributed by atoms with Crippen LogP contribution in [0.3, 0.4) is 0 Å². The third-order valence-corrected chi connectivity index (χ3v) is 3.59. The van der Waals surface area contributed by atoms with Crippen LogP contribution in [0.25, 0.3) is 0 Å². The first-order valence-electron chi connectivity index (χ1n) is 6.03. The predicted octanol–water partition coefficient (Wildman–Crippen LogP) is 2.87. The number of aromatic nitrogens is 2. The molecule has 2 N–H and O–H groups in total. The van der Waals surface area contributed by atoms with Crippen LogP contribution < -0.4 is 5.73 Å². The summed E-state index contributed by atoms with van der Waals surface area (Å²) in [5, 5.41) is 0.0899. The zero-order valence-electron chi connectivity index (χ0n) is 11.1. The molecule has 0 spiro atoms. The Hall–Kier alpha value is -1.95. The van der Waals surface area contributed by atoms with Gasteiger partial charge in [-0.2, -0.15) is 0 Å². The third-order valence-electron chi connectivity index (χ3n) is 2.63. The number of carbonyl (C=O) groups excluding carboxylic acids is 1. The Balaban J connectivity index is 2.13. The molecule has 0 amide bonds. The molecule has 2 rings (SSSR count).